The zero-order chi connectivity index (χ0) is 12.7. The van der Waals surface area contributed by atoms with Crippen LogP contribution in [0.4, 0.5) is 0 Å². The molecule has 0 aromatic heterocycles. The number of rotatable bonds is 6. The maximum atomic E-state index is 11.8. The van der Waals surface area contributed by atoms with Crippen LogP contribution in [0.3, 0.4) is 0 Å². The first-order chi connectivity index (χ1) is 8.13. The zero-order valence-electron chi connectivity index (χ0n) is 10.4. The van der Waals surface area contributed by atoms with Crippen LogP contribution in [0, 0.1) is 17.2 Å². The van der Waals surface area contributed by atoms with Gasteiger partial charge in [-0.25, -0.2) is 0 Å². The fourth-order valence-electron chi connectivity index (χ4n) is 2.09. The van der Waals surface area contributed by atoms with E-state index in [1.807, 2.05) is 6.07 Å². The molecule has 1 atom stereocenters. The Labute approximate surface area is 105 Å². The third-order valence-electron chi connectivity index (χ3n) is 3.17. The first-order valence-corrected chi connectivity index (χ1v) is 7.58. The number of nitriles is 1. The molecule has 0 aliphatic heterocycles. The topological polar surface area (TPSA) is 61.2 Å². The first-order valence-electron chi connectivity index (χ1n) is 6.09. The molecule has 0 heterocycles. The minimum atomic E-state index is -1.04. The fourth-order valence-corrected chi connectivity index (χ4v) is 3.56. The van der Waals surface area contributed by atoms with Gasteiger partial charge in [-0.15, -0.1) is 0 Å². The van der Waals surface area contributed by atoms with Crippen molar-refractivity contribution < 1.29 is 9.00 Å². The quantitative estimate of drug-likeness (QED) is 0.719. The Bertz CT molecular complexity index is 319. The molecule has 0 radical (unpaired) electrons. The highest BCUT2D eigenvalue weighted by Crippen LogP contribution is 2.25. The van der Waals surface area contributed by atoms with Crippen molar-refractivity contribution in [2.24, 2.45) is 5.92 Å². The van der Waals surface area contributed by atoms with Gasteiger partial charge in [0.25, 0.3) is 0 Å². The van der Waals surface area contributed by atoms with E-state index < -0.39 is 10.8 Å². The van der Waals surface area contributed by atoms with Crippen molar-refractivity contribution in [3.05, 3.63) is 0 Å². The van der Waals surface area contributed by atoms with Gasteiger partial charge in [-0.1, -0.05) is 12.8 Å². The number of hydrogen-bond donors (Lipinski definition) is 0. The van der Waals surface area contributed by atoms with Crippen LogP contribution >= 0.6 is 0 Å². The second-order valence-corrected chi connectivity index (χ2v) is 6.13. The summed E-state index contributed by atoms with van der Waals surface area (Å²) in [5, 5.41) is 8.42. The summed E-state index contributed by atoms with van der Waals surface area (Å²) < 4.78 is 11.8. The van der Waals surface area contributed by atoms with Gasteiger partial charge in [-0.05, 0) is 18.8 Å². The molecule has 1 fully saturated rings. The van der Waals surface area contributed by atoms with E-state index in [9.17, 15) is 9.00 Å². The first kappa shape index (κ1) is 14.2. The summed E-state index contributed by atoms with van der Waals surface area (Å²) in [6, 6.07) is 2.00. The molecule has 17 heavy (non-hydrogen) atoms. The molecule has 0 N–H and O–H groups in total. The Morgan fingerprint density at radius 1 is 1.47 bits per heavy atom. The van der Waals surface area contributed by atoms with Gasteiger partial charge < -0.3 is 4.90 Å². The van der Waals surface area contributed by atoms with E-state index in [-0.39, 0.29) is 11.7 Å². The van der Waals surface area contributed by atoms with Crippen LogP contribution in [-0.4, -0.2) is 40.1 Å². The molecule has 0 spiro atoms. The minimum Gasteiger partial charge on any atom is -0.344 e. The SMILES string of the molecule is CN(CCC#N)C(=O)CS(=O)CC1CCCC1. The van der Waals surface area contributed by atoms with E-state index >= 15 is 0 Å². The summed E-state index contributed by atoms with van der Waals surface area (Å²) in [7, 11) is 0.619. The maximum Gasteiger partial charge on any atom is 0.234 e. The Balaban J connectivity index is 2.25. The molecule has 0 aromatic carbocycles. The second-order valence-electron chi connectivity index (χ2n) is 4.62. The highest BCUT2D eigenvalue weighted by atomic mass is 32.2. The van der Waals surface area contributed by atoms with Gasteiger partial charge in [0.1, 0.15) is 5.75 Å². The summed E-state index contributed by atoms with van der Waals surface area (Å²) in [5.41, 5.74) is 0. The Hall–Kier alpha value is -0.890. The van der Waals surface area contributed by atoms with E-state index in [4.69, 9.17) is 5.26 Å². The summed E-state index contributed by atoms with van der Waals surface area (Å²) >= 11 is 0. The zero-order valence-corrected chi connectivity index (χ0v) is 11.2. The van der Waals surface area contributed by atoms with Crippen molar-refractivity contribution in [3.63, 3.8) is 0 Å². The number of hydrogen-bond acceptors (Lipinski definition) is 3. The minimum absolute atomic E-state index is 0.110. The third kappa shape index (κ3) is 5.31. The summed E-state index contributed by atoms with van der Waals surface area (Å²) in [4.78, 5) is 13.2. The van der Waals surface area contributed by atoms with E-state index in [0.717, 1.165) is 12.8 Å². The Kier molecular flexibility index (Phi) is 6.20. The maximum absolute atomic E-state index is 11.8. The molecule has 4 nitrogen and oxygen atoms in total. The van der Waals surface area contributed by atoms with Crippen LogP contribution in [0.15, 0.2) is 0 Å². The van der Waals surface area contributed by atoms with E-state index in [1.165, 1.54) is 17.7 Å². The smallest absolute Gasteiger partial charge is 0.234 e. The van der Waals surface area contributed by atoms with E-state index in [1.54, 1.807) is 7.05 Å². The van der Waals surface area contributed by atoms with Crippen molar-refractivity contribution in [2.45, 2.75) is 32.1 Å². The van der Waals surface area contributed by atoms with Crippen molar-refractivity contribution in [3.8, 4) is 6.07 Å². The van der Waals surface area contributed by atoms with Gasteiger partial charge in [0.2, 0.25) is 5.91 Å². The lowest BCUT2D eigenvalue weighted by Crippen LogP contribution is -2.32. The fraction of sp³-hybridized carbons (Fsp3) is 0.833. The lowest BCUT2D eigenvalue weighted by molar-refractivity contribution is -0.127. The standard InChI is InChI=1S/C12H20N2O2S/c1-14(8-4-7-13)12(15)10-17(16)9-11-5-2-3-6-11/h11H,2-6,8-10H2,1H3. The average Bonchev–Trinajstić information content (AvgIpc) is 2.78. The largest absolute Gasteiger partial charge is 0.344 e. The van der Waals surface area contributed by atoms with Crippen LogP contribution in [0.25, 0.3) is 0 Å². The molecule has 1 amide bonds. The number of carbonyl (C=O) groups is 1. The molecule has 1 aliphatic carbocycles. The second kappa shape index (κ2) is 7.44. The van der Waals surface area contributed by atoms with Crippen LogP contribution in [0.1, 0.15) is 32.1 Å². The van der Waals surface area contributed by atoms with Gasteiger partial charge in [-0.2, -0.15) is 5.26 Å². The van der Waals surface area contributed by atoms with E-state index in [0.29, 0.717) is 24.6 Å². The van der Waals surface area contributed by atoms with Crippen LogP contribution in [0.2, 0.25) is 0 Å². The highest BCUT2D eigenvalue weighted by molar-refractivity contribution is 7.85. The van der Waals surface area contributed by atoms with Crippen molar-refractivity contribution in [1.29, 1.82) is 5.26 Å². The summed E-state index contributed by atoms with van der Waals surface area (Å²) in [6.07, 6.45) is 5.11. The molecule has 1 aliphatic rings. The molecule has 96 valence electrons. The van der Waals surface area contributed by atoms with Gasteiger partial charge in [0.05, 0.1) is 12.5 Å². The predicted octanol–water partition coefficient (Wildman–Crippen LogP) is 1.30. The predicted molar refractivity (Wildman–Crippen MR) is 67.7 cm³/mol. The number of nitrogens with zero attached hydrogens (tertiary/aromatic N) is 2. The van der Waals surface area contributed by atoms with Gasteiger partial charge >= 0.3 is 0 Å². The van der Waals surface area contributed by atoms with Crippen LogP contribution in [0.5, 0.6) is 0 Å². The Morgan fingerprint density at radius 3 is 2.71 bits per heavy atom. The highest BCUT2D eigenvalue weighted by Gasteiger charge is 2.20. The van der Waals surface area contributed by atoms with Gasteiger partial charge in [0, 0.05) is 30.1 Å². The molecular formula is C12H20N2O2S. The molecular weight excluding hydrogens is 236 g/mol. The van der Waals surface area contributed by atoms with Gasteiger partial charge in [0.15, 0.2) is 0 Å². The number of carbonyl (C=O) groups excluding carboxylic acids is 1. The van der Waals surface area contributed by atoms with Crippen molar-refractivity contribution >= 4 is 16.7 Å². The molecule has 0 bridgehead atoms. The molecule has 0 saturated heterocycles. The lowest BCUT2D eigenvalue weighted by Gasteiger charge is -2.15. The van der Waals surface area contributed by atoms with Crippen LogP contribution in [-0.2, 0) is 15.6 Å². The lowest BCUT2D eigenvalue weighted by atomic mass is 10.1. The summed E-state index contributed by atoms with van der Waals surface area (Å²) in [6.45, 7) is 0.427. The number of amides is 1. The average molecular weight is 256 g/mol. The monoisotopic (exact) mass is 256 g/mol. The van der Waals surface area contributed by atoms with E-state index in [2.05, 4.69) is 0 Å². The molecule has 1 rings (SSSR count). The molecule has 1 saturated carbocycles. The Morgan fingerprint density at radius 2 is 2.12 bits per heavy atom. The molecule has 1 unspecified atom stereocenters. The summed E-state index contributed by atoms with van der Waals surface area (Å²) in [5.74, 6) is 1.21. The van der Waals surface area contributed by atoms with Crippen LogP contribution < -0.4 is 0 Å². The third-order valence-corrected chi connectivity index (χ3v) is 4.58. The van der Waals surface area contributed by atoms with Crippen molar-refractivity contribution in [1.82, 2.24) is 4.90 Å². The van der Waals surface area contributed by atoms with Crippen molar-refractivity contribution in [2.75, 3.05) is 25.1 Å². The normalized spacial score (nSPS) is 17.6. The molecule has 5 heteroatoms. The molecule has 0 aromatic rings. The van der Waals surface area contributed by atoms with Gasteiger partial charge in [-0.3, -0.25) is 9.00 Å².